The topological polar surface area (TPSA) is 109 Å². The molecule has 0 bridgehead atoms. The Labute approximate surface area is 172 Å². The number of aromatic nitrogens is 4. The minimum Gasteiger partial charge on any atom is -0.490 e. The van der Waals surface area contributed by atoms with Crippen molar-refractivity contribution in [2.45, 2.75) is 19.4 Å². The maximum Gasteiger partial charge on any atom is 0.220 e. The lowest BCUT2D eigenvalue weighted by Crippen LogP contribution is -2.25. The molecule has 1 amide bonds. The summed E-state index contributed by atoms with van der Waals surface area (Å²) < 4.78 is 8.09. The van der Waals surface area contributed by atoms with Crippen LogP contribution in [0.3, 0.4) is 0 Å². The van der Waals surface area contributed by atoms with Crippen LogP contribution in [0, 0.1) is 17.2 Å². The second kappa shape index (κ2) is 6.88. The Balaban J connectivity index is 1.60. The number of hydrogen-bond donors (Lipinski definition) is 2. The van der Waals surface area contributed by atoms with Crippen molar-refractivity contribution < 1.29 is 9.53 Å². The summed E-state index contributed by atoms with van der Waals surface area (Å²) in [6, 6.07) is 11.6. The first kappa shape index (κ1) is 18.2. The summed E-state index contributed by atoms with van der Waals surface area (Å²) in [5, 5.41) is 26.0. The Morgan fingerprint density at radius 1 is 1.30 bits per heavy atom. The molecule has 1 fully saturated rings. The Hall–Kier alpha value is -3.86. The predicted octanol–water partition coefficient (Wildman–Crippen LogP) is 2.89. The fourth-order valence-electron chi connectivity index (χ4n) is 4.00. The normalized spacial score (nSPS) is 17.2. The van der Waals surface area contributed by atoms with Crippen LogP contribution in [-0.4, -0.2) is 38.5 Å². The molecule has 150 valence electrons. The van der Waals surface area contributed by atoms with Gasteiger partial charge in [-0.25, -0.2) is 0 Å². The van der Waals surface area contributed by atoms with Gasteiger partial charge in [-0.3, -0.25) is 14.6 Å². The Kier molecular flexibility index (Phi) is 4.17. The van der Waals surface area contributed by atoms with Crippen LogP contribution in [0.1, 0.15) is 18.9 Å². The molecule has 2 N–H and O–H groups in total. The zero-order valence-corrected chi connectivity index (χ0v) is 16.6. The van der Waals surface area contributed by atoms with Gasteiger partial charge in [-0.2, -0.15) is 15.5 Å². The molecule has 0 spiro atoms. The van der Waals surface area contributed by atoms with Gasteiger partial charge in [0.15, 0.2) is 0 Å². The van der Waals surface area contributed by atoms with Gasteiger partial charge in [0.05, 0.1) is 28.1 Å². The fourth-order valence-corrected chi connectivity index (χ4v) is 4.00. The average Bonchev–Trinajstić information content (AvgIpc) is 3.44. The number of H-pyrrole nitrogens is 1. The number of aromatic amines is 1. The molecule has 1 aliphatic heterocycles. The molecule has 2 unspecified atom stereocenters. The molecule has 1 saturated heterocycles. The van der Waals surface area contributed by atoms with Gasteiger partial charge in [-0.05, 0) is 37.3 Å². The van der Waals surface area contributed by atoms with Gasteiger partial charge < -0.3 is 10.1 Å². The molecule has 30 heavy (non-hydrogen) atoms. The number of carbonyl (C=O) groups excluding carboxylic acids is 1. The minimum absolute atomic E-state index is 0.0621. The Morgan fingerprint density at radius 2 is 2.17 bits per heavy atom. The first-order chi connectivity index (χ1) is 14.5. The van der Waals surface area contributed by atoms with E-state index in [1.807, 2.05) is 44.4 Å². The van der Waals surface area contributed by atoms with E-state index in [0.29, 0.717) is 24.3 Å². The van der Waals surface area contributed by atoms with Crippen LogP contribution in [0.15, 0.2) is 36.5 Å². The molecule has 3 heterocycles. The lowest BCUT2D eigenvalue weighted by atomic mass is 10.0. The van der Waals surface area contributed by atoms with Gasteiger partial charge in [-0.1, -0.05) is 0 Å². The maximum absolute atomic E-state index is 11.6. The molecule has 8 heteroatoms. The Bertz CT molecular complexity index is 1330. The van der Waals surface area contributed by atoms with E-state index in [0.717, 1.165) is 33.1 Å². The SMILES string of the molecule is CC(Oc1cc(-c2n[nH]c3ccc(C#N)cc23)cc2nn(C)cc12)C1CNC(=O)C1. The van der Waals surface area contributed by atoms with E-state index in [2.05, 4.69) is 26.7 Å². The van der Waals surface area contributed by atoms with Gasteiger partial charge in [0, 0.05) is 43.1 Å². The zero-order valence-electron chi connectivity index (χ0n) is 16.6. The van der Waals surface area contributed by atoms with Gasteiger partial charge in [-0.15, -0.1) is 0 Å². The van der Waals surface area contributed by atoms with Crippen molar-refractivity contribution in [1.82, 2.24) is 25.3 Å². The van der Waals surface area contributed by atoms with Crippen molar-refractivity contribution in [2.75, 3.05) is 6.54 Å². The molecule has 2 aromatic carbocycles. The van der Waals surface area contributed by atoms with Crippen molar-refractivity contribution in [1.29, 1.82) is 5.26 Å². The average molecular weight is 400 g/mol. The number of nitriles is 1. The summed E-state index contributed by atoms with van der Waals surface area (Å²) in [5.41, 5.74) is 3.82. The molecule has 0 saturated carbocycles. The highest BCUT2D eigenvalue weighted by molar-refractivity contribution is 5.97. The van der Waals surface area contributed by atoms with E-state index < -0.39 is 0 Å². The van der Waals surface area contributed by atoms with Crippen molar-refractivity contribution >= 4 is 27.7 Å². The molecule has 0 radical (unpaired) electrons. The van der Waals surface area contributed by atoms with Crippen LogP contribution in [0.4, 0.5) is 0 Å². The number of nitrogens with one attached hydrogen (secondary N) is 2. The second-order valence-electron chi connectivity index (χ2n) is 7.75. The van der Waals surface area contributed by atoms with Crippen molar-refractivity contribution in [3.63, 3.8) is 0 Å². The number of hydrogen-bond acceptors (Lipinski definition) is 5. The predicted molar refractivity (Wildman–Crippen MR) is 112 cm³/mol. The van der Waals surface area contributed by atoms with Crippen LogP contribution in [0.2, 0.25) is 0 Å². The van der Waals surface area contributed by atoms with E-state index in [1.54, 1.807) is 10.7 Å². The molecular formula is C22H20N6O2. The summed E-state index contributed by atoms with van der Waals surface area (Å²) in [6.45, 7) is 2.61. The van der Waals surface area contributed by atoms with Gasteiger partial charge in [0.2, 0.25) is 5.91 Å². The smallest absolute Gasteiger partial charge is 0.220 e. The molecular weight excluding hydrogens is 380 g/mol. The third-order valence-electron chi connectivity index (χ3n) is 5.65. The second-order valence-corrected chi connectivity index (χ2v) is 7.75. The highest BCUT2D eigenvalue weighted by Gasteiger charge is 2.28. The summed E-state index contributed by atoms with van der Waals surface area (Å²) in [6.07, 6.45) is 2.26. The number of carbonyl (C=O) groups is 1. The standard InChI is InChI=1S/C22H20N6O2/c1-12(15-8-21(29)24-10-15)30-20-7-14(6-19-17(20)11-28(2)27-19)22-16-5-13(9-23)3-4-18(16)25-26-22/h3-7,11-12,15H,8,10H2,1-2H3,(H,24,29)(H,25,26). The molecule has 2 aromatic heterocycles. The summed E-state index contributed by atoms with van der Waals surface area (Å²) in [5.74, 6) is 0.888. The van der Waals surface area contributed by atoms with Crippen molar-refractivity contribution in [3.05, 3.63) is 42.1 Å². The van der Waals surface area contributed by atoms with E-state index in [1.165, 1.54) is 0 Å². The van der Waals surface area contributed by atoms with Crippen LogP contribution in [0.25, 0.3) is 33.1 Å². The van der Waals surface area contributed by atoms with Crippen molar-refractivity contribution in [2.24, 2.45) is 13.0 Å². The zero-order chi connectivity index (χ0) is 20.8. The fraction of sp³-hybridized carbons (Fsp3) is 0.273. The summed E-state index contributed by atoms with van der Waals surface area (Å²) in [4.78, 5) is 11.6. The maximum atomic E-state index is 11.6. The van der Waals surface area contributed by atoms with Crippen LogP contribution >= 0.6 is 0 Å². The summed E-state index contributed by atoms with van der Waals surface area (Å²) >= 11 is 0. The lowest BCUT2D eigenvalue weighted by Gasteiger charge is -2.20. The highest BCUT2D eigenvalue weighted by atomic mass is 16.5. The first-order valence-electron chi connectivity index (χ1n) is 9.81. The van der Waals surface area contributed by atoms with Crippen LogP contribution in [0.5, 0.6) is 5.75 Å². The number of nitrogens with zero attached hydrogens (tertiary/aromatic N) is 4. The molecule has 1 aliphatic rings. The number of ether oxygens (including phenoxy) is 1. The molecule has 8 nitrogen and oxygen atoms in total. The molecule has 4 aromatic rings. The highest BCUT2D eigenvalue weighted by Crippen LogP contribution is 2.35. The molecule has 5 rings (SSSR count). The van der Waals surface area contributed by atoms with Gasteiger partial charge in [0.1, 0.15) is 17.5 Å². The third-order valence-corrected chi connectivity index (χ3v) is 5.65. The number of aryl methyl sites for hydroxylation is 1. The van der Waals surface area contributed by atoms with E-state index in [-0.39, 0.29) is 17.9 Å². The lowest BCUT2D eigenvalue weighted by molar-refractivity contribution is -0.119. The van der Waals surface area contributed by atoms with E-state index in [4.69, 9.17) is 4.74 Å². The van der Waals surface area contributed by atoms with Gasteiger partial charge >= 0.3 is 0 Å². The molecule has 0 aliphatic carbocycles. The minimum atomic E-state index is -0.135. The quantitative estimate of drug-likeness (QED) is 0.548. The van der Waals surface area contributed by atoms with E-state index in [9.17, 15) is 10.1 Å². The third kappa shape index (κ3) is 3.05. The van der Waals surface area contributed by atoms with Gasteiger partial charge in [0.25, 0.3) is 0 Å². The van der Waals surface area contributed by atoms with Crippen molar-refractivity contribution in [3.8, 4) is 23.1 Å². The monoisotopic (exact) mass is 400 g/mol. The number of amides is 1. The first-order valence-corrected chi connectivity index (χ1v) is 9.81. The Morgan fingerprint density at radius 3 is 2.93 bits per heavy atom. The van der Waals surface area contributed by atoms with Crippen LogP contribution < -0.4 is 10.1 Å². The molecule has 2 atom stereocenters. The largest absolute Gasteiger partial charge is 0.490 e. The summed E-state index contributed by atoms with van der Waals surface area (Å²) in [7, 11) is 1.87. The number of rotatable bonds is 4. The number of benzene rings is 2. The van der Waals surface area contributed by atoms with Crippen LogP contribution in [-0.2, 0) is 11.8 Å². The number of fused-ring (bicyclic) bond motifs is 2. The van der Waals surface area contributed by atoms with E-state index >= 15 is 0 Å².